The maximum absolute atomic E-state index is 6.04. The largest absolute Gasteiger partial charge is 0.383 e. The summed E-state index contributed by atoms with van der Waals surface area (Å²) < 4.78 is 1.81. The van der Waals surface area contributed by atoms with Crippen LogP contribution in [0.1, 0.15) is 19.9 Å². The van der Waals surface area contributed by atoms with Crippen LogP contribution in [0, 0.1) is 0 Å². The minimum atomic E-state index is 0.265. The van der Waals surface area contributed by atoms with Crippen LogP contribution < -0.4 is 5.73 Å². The molecule has 0 unspecified atom stereocenters. The fourth-order valence-electron chi connectivity index (χ4n) is 1.64. The predicted octanol–water partition coefficient (Wildman–Crippen LogP) is 3.37. The van der Waals surface area contributed by atoms with Crippen LogP contribution in [-0.4, -0.2) is 9.78 Å². The second-order valence-corrected chi connectivity index (χ2v) is 4.43. The van der Waals surface area contributed by atoms with E-state index in [1.54, 1.807) is 6.20 Å². The first kappa shape index (κ1) is 11.0. The fourth-order valence-corrected chi connectivity index (χ4v) is 1.76. The first-order valence-electron chi connectivity index (χ1n) is 5.18. The Kier molecular flexibility index (Phi) is 2.88. The van der Waals surface area contributed by atoms with E-state index in [9.17, 15) is 0 Å². The van der Waals surface area contributed by atoms with Crippen LogP contribution in [0.4, 0.5) is 5.82 Å². The Labute approximate surface area is 99.8 Å². The maximum atomic E-state index is 6.04. The van der Waals surface area contributed by atoms with E-state index in [4.69, 9.17) is 17.3 Å². The molecule has 2 rings (SSSR count). The van der Waals surface area contributed by atoms with E-state index in [0.29, 0.717) is 5.82 Å². The number of anilines is 1. The molecule has 0 aliphatic carbocycles. The number of nitrogen functional groups attached to an aromatic ring is 1. The summed E-state index contributed by atoms with van der Waals surface area (Å²) in [5.41, 5.74) is 8.03. The number of aromatic nitrogens is 2. The number of rotatable bonds is 2. The summed E-state index contributed by atoms with van der Waals surface area (Å²) in [6.07, 6.45) is 1.79. The number of nitrogens with zero attached hydrogens (tertiary/aromatic N) is 2. The summed E-state index contributed by atoms with van der Waals surface area (Å²) in [5, 5.41) is 4.99. The summed E-state index contributed by atoms with van der Waals surface area (Å²) in [6.45, 7) is 4.10. The van der Waals surface area contributed by atoms with Crippen molar-refractivity contribution in [2.24, 2.45) is 0 Å². The first-order valence-corrected chi connectivity index (χ1v) is 5.56. The second kappa shape index (κ2) is 4.18. The van der Waals surface area contributed by atoms with Gasteiger partial charge in [-0.3, -0.25) is 0 Å². The highest BCUT2D eigenvalue weighted by Crippen LogP contribution is 2.28. The topological polar surface area (TPSA) is 43.8 Å². The molecule has 1 aromatic carbocycles. The van der Waals surface area contributed by atoms with Crippen molar-refractivity contribution in [1.29, 1.82) is 0 Å². The molecule has 0 aliphatic heterocycles. The van der Waals surface area contributed by atoms with Crippen molar-refractivity contribution in [3.05, 3.63) is 35.5 Å². The van der Waals surface area contributed by atoms with Crippen LogP contribution in [0.15, 0.2) is 30.5 Å². The van der Waals surface area contributed by atoms with Gasteiger partial charge in [-0.05, 0) is 31.5 Å². The molecule has 0 saturated heterocycles. The Morgan fingerprint density at radius 3 is 2.38 bits per heavy atom. The number of nitrogens with two attached hydrogens (primary N) is 1. The Hall–Kier alpha value is -1.48. The molecule has 0 bridgehead atoms. The third-order valence-electron chi connectivity index (χ3n) is 2.48. The van der Waals surface area contributed by atoms with Crippen molar-refractivity contribution in [1.82, 2.24) is 9.78 Å². The van der Waals surface area contributed by atoms with Gasteiger partial charge in [0, 0.05) is 16.6 Å². The molecule has 3 nitrogen and oxygen atoms in total. The zero-order valence-corrected chi connectivity index (χ0v) is 10.1. The van der Waals surface area contributed by atoms with Gasteiger partial charge >= 0.3 is 0 Å². The number of benzene rings is 1. The second-order valence-electron chi connectivity index (χ2n) is 3.99. The summed E-state index contributed by atoms with van der Waals surface area (Å²) in [6, 6.07) is 7.85. The molecule has 0 fully saturated rings. The van der Waals surface area contributed by atoms with Gasteiger partial charge in [0.25, 0.3) is 0 Å². The highest BCUT2D eigenvalue weighted by molar-refractivity contribution is 6.30. The van der Waals surface area contributed by atoms with E-state index in [1.807, 2.05) is 28.9 Å². The summed E-state index contributed by atoms with van der Waals surface area (Å²) in [4.78, 5) is 0. The van der Waals surface area contributed by atoms with E-state index >= 15 is 0 Å². The lowest BCUT2D eigenvalue weighted by Crippen LogP contribution is -2.06. The van der Waals surface area contributed by atoms with Crippen LogP contribution in [-0.2, 0) is 0 Å². The molecule has 0 spiro atoms. The first-order chi connectivity index (χ1) is 7.59. The van der Waals surface area contributed by atoms with Crippen LogP contribution in [0.5, 0.6) is 0 Å². The van der Waals surface area contributed by atoms with Crippen molar-refractivity contribution in [2.45, 2.75) is 19.9 Å². The number of hydrogen-bond donors (Lipinski definition) is 1. The Balaban J connectivity index is 2.45. The zero-order chi connectivity index (χ0) is 11.7. The molecule has 1 aromatic heterocycles. The molecule has 2 aromatic rings. The Bertz CT molecular complexity index is 485. The molecule has 4 heteroatoms. The van der Waals surface area contributed by atoms with Gasteiger partial charge in [-0.1, -0.05) is 23.7 Å². The zero-order valence-electron chi connectivity index (χ0n) is 9.31. The highest BCUT2D eigenvalue weighted by Gasteiger charge is 2.11. The normalized spacial score (nSPS) is 11.0. The van der Waals surface area contributed by atoms with Crippen LogP contribution in [0.25, 0.3) is 11.1 Å². The minimum Gasteiger partial charge on any atom is -0.383 e. The van der Waals surface area contributed by atoms with E-state index in [1.165, 1.54) is 0 Å². The molecule has 0 aliphatic rings. The lowest BCUT2D eigenvalue weighted by molar-refractivity contribution is 0.541. The summed E-state index contributed by atoms with van der Waals surface area (Å²) in [7, 11) is 0. The van der Waals surface area contributed by atoms with E-state index < -0.39 is 0 Å². The quantitative estimate of drug-likeness (QED) is 0.868. The SMILES string of the molecule is CC(C)n1ncc(-c2ccc(Cl)cc2)c1N. The average molecular weight is 236 g/mol. The highest BCUT2D eigenvalue weighted by atomic mass is 35.5. The van der Waals surface area contributed by atoms with E-state index in [-0.39, 0.29) is 6.04 Å². The molecule has 16 heavy (non-hydrogen) atoms. The average Bonchev–Trinajstić information content (AvgIpc) is 2.61. The van der Waals surface area contributed by atoms with Crippen molar-refractivity contribution in [3.63, 3.8) is 0 Å². The minimum absolute atomic E-state index is 0.265. The van der Waals surface area contributed by atoms with Crippen LogP contribution in [0.3, 0.4) is 0 Å². The van der Waals surface area contributed by atoms with E-state index in [2.05, 4.69) is 18.9 Å². The lowest BCUT2D eigenvalue weighted by atomic mass is 10.1. The van der Waals surface area contributed by atoms with Gasteiger partial charge in [0.05, 0.1) is 6.20 Å². The third-order valence-corrected chi connectivity index (χ3v) is 2.73. The van der Waals surface area contributed by atoms with Gasteiger partial charge < -0.3 is 5.73 Å². The lowest BCUT2D eigenvalue weighted by Gasteiger charge is -2.08. The van der Waals surface area contributed by atoms with Crippen LogP contribution in [0.2, 0.25) is 5.02 Å². The monoisotopic (exact) mass is 235 g/mol. The molecule has 0 amide bonds. The summed E-state index contributed by atoms with van der Waals surface area (Å²) >= 11 is 5.84. The molecule has 84 valence electrons. The van der Waals surface area contributed by atoms with Gasteiger partial charge in [0.15, 0.2) is 0 Å². The van der Waals surface area contributed by atoms with Crippen LogP contribution >= 0.6 is 11.6 Å². The van der Waals surface area contributed by atoms with E-state index in [0.717, 1.165) is 16.1 Å². The Morgan fingerprint density at radius 2 is 1.88 bits per heavy atom. The smallest absolute Gasteiger partial charge is 0.129 e. The number of halogens is 1. The molecular weight excluding hydrogens is 222 g/mol. The van der Waals surface area contributed by atoms with Crippen molar-refractivity contribution < 1.29 is 0 Å². The van der Waals surface area contributed by atoms with Gasteiger partial charge in [-0.25, -0.2) is 4.68 Å². The van der Waals surface area contributed by atoms with Crippen molar-refractivity contribution in [3.8, 4) is 11.1 Å². The molecule has 1 heterocycles. The number of hydrogen-bond acceptors (Lipinski definition) is 2. The van der Waals surface area contributed by atoms with Gasteiger partial charge in [0.1, 0.15) is 5.82 Å². The fraction of sp³-hybridized carbons (Fsp3) is 0.250. The third kappa shape index (κ3) is 1.91. The molecular formula is C12H14ClN3. The molecule has 0 radical (unpaired) electrons. The predicted molar refractivity (Wildman–Crippen MR) is 67.5 cm³/mol. The van der Waals surface area contributed by atoms with Gasteiger partial charge in [-0.2, -0.15) is 5.10 Å². The Morgan fingerprint density at radius 1 is 1.25 bits per heavy atom. The standard InChI is InChI=1S/C12H14ClN3/c1-8(2)16-12(14)11(7-15-16)9-3-5-10(13)6-4-9/h3-8H,14H2,1-2H3. The van der Waals surface area contributed by atoms with Gasteiger partial charge in [-0.15, -0.1) is 0 Å². The molecule has 0 atom stereocenters. The van der Waals surface area contributed by atoms with Crippen molar-refractivity contribution >= 4 is 17.4 Å². The van der Waals surface area contributed by atoms with Gasteiger partial charge in [0.2, 0.25) is 0 Å². The summed E-state index contributed by atoms with van der Waals surface area (Å²) in [5.74, 6) is 0.692. The van der Waals surface area contributed by atoms with Crippen molar-refractivity contribution in [2.75, 3.05) is 5.73 Å². The molecule has 0 saturated carbocycles. The maximum Gasteiger partial charge on any atom is 0.129 e. The molecule has 2 N–H and O–H groups in total.